The maximum atomic E-state index is 12.2. The van der Waals surface area contributed by atoms with Crippen molar-refractivity contribution in [1.82, 2.24) is 0 Å². The highest BCUT2D eigenvalue weighted by atomic mass is 35.5. The van der Waals surface area contributed by atoms with Crippen LogP contribution in [-0.2, 0) is 14.3 Å². The van der Waals surface area contributed by atoms with E-state index >= 15 is 0 Å². The first-order chi connectivity index (χ1) is 12.8. The van der Waals surface area contributed by atoms with Crippen molar-refractivity contribution in [2.45, 2.75) is 0 Å². The minimum Gasteiger partial charge on any atom is -0.465 e. The van der Waals surface area contributed by atoms with E-state index < -0.39 is 17.8 Å². The third kappa shape index (κ3) is 5.32. The summed E-state index contributed by atoms with van der Waals surface area (Å²) in [5, 5.41) is 3.35. The zero-order valence-corrected chi connectivity index (χ0v) is 15.9. The summed E-state index contributed by atoms with van der Waals surface area (Å²) in [5.41, 5.74) is 0.899. The summed E-state index contributed by atoms with van der Waals surface area (Å²) in [7, 11) is 2.42. The molecule has 0 heterocycles. The molecule has 6 nitrogen and oxygen atoms in total. The largest absolute Gasteiger partial charge is 0.465 e. The summed E-state index contributed by atoms with van der Waals surface area (Å²) in [6.07, 6.45) is 2.70. The van der Waals surface area contributed by atoms with Crippen molar-refractivity contribution in [2.75, 3.05) is 19.5 Å². The van der Waals surface area contributed by atoms with Gasteiger partial charge in [0.2, 0.25) is 5.91 Å². The van der Waals surface area contributed by atoms with E-state index in [1.165, 1.54) is 44.6 Å². The van der Waals surface area contributed by atoms with E-state index in [-0.39, 0.29) is 16.8 Å². The maximum absolute atomic E-state index is 12.2. The number of ether oxygens (including phenoxy) is 2. The molecule has 0 aliphatic rings. The van der Waals surface area contributed by atoms with Crippen LogP contribution in [0.3, 0.4) is 0 Å². The summed E-state index contributed by atoms with van der Waals surface area (Å²) >= 11 is 12.1. The molecule has 0 aromatic heterocycles. The van der Waals surface area contributed by atoms with Crippen LogP contribution in [0.5, 0.6) is 0 Å². The van der Waals surface area contributed by atoms with Gasteiger partial charge in [0.25, 0.3) is 0 Å². The van der Waals surface area contributed by atoms with Gasteiger partial charge in [0.15, 0.2) is 0 Å². The zero-order chi connectivity index (χ0) is 20.0. The van der Waals surface area contributed by atoms with E-state index in [0.717, 1.165) is 0 Å². The number of amides is 1. The smallest absolute Gasteiger partial charge is 0.337 e. The maximum Gasteiger partial charge on any atom is 0.337 e. The quantitative estimate of drug-likeness (QED) is 0.592. The highest BCUT2D eigenvalue weighted by molar-refractivity contribution is 6.37. The molecule has 0 aliphatic carbocycles. The molecule has 0 saturated heterocycles. The van der Waals surface area contributed by atoms with Gasteiger partial charge in [-0.3, -0.25) is 4.79 Å². The van der Waals surface area contributed by atoms with Gasteiger partial charge >= 0.3 is 11.9 Å². The van der Waals surface area contributed by atoms with Gasteiger partial charge in [-0.1, -0.05) is 29.3 Å². The lowest BCUT2D eigenvalue weighted by Gasteiger charge is -2.08. The van der Waals surface area contributed by atoms with Gasteiger partial charge in [0.1, 0.15) is 0 Å². The molecule has 2 rings (SSSR count). The fourth-order valence-corrected chi connectivity index (χ4v) is 2.71. The molecule has 0 radical (unpaired) electrons. The number of hydrogen-bond acceptors (Lipinski definition) is 5. The Morgan fingerprint density at radius 1 is 0.926 bits per heavy atom. The summed E-state index contributed by atoms with van der Waals surface area (Å²) in [6, 6.07) is 9.06. The number of carbonyl (C=O) groups is 3. The molecule has 0 bridgehead atoms. The standard InChI is InChI=1S/C19H15Cl2NO5/c1-26-18(24)11-8-12(19(25)27-2)10-13(9-11)22-17(23)7-6-14-15(20)4-3-5-16(14)21/h3-10H,1-2H3,(H,22,23)/b7-6-. The zero-order valence-electron chi connectivity index (χ0n) is 14.4. The summed E-state index contributed by atoms with van der Waals surface area (Å²) in [6.45, 7) is 0. The van der Waals surface area contributed by atoms with Gasteiger partial charge < -0.3 is 14.8 Å². The van der Waals surface area contributed by atoms with Crippen LogP contribution in [0.25, 0.3) is 6.08 Å². The van der Waals surface area contributed by atoms with Gasteiger partial charge in [-0.05, 0) is 36.4 Å². The van der Waals surface area contributed by atoms with Crippen molar-refractivity contribution in [3.63, 3.8) is 0 Å². The van der Waals surface area contributed by atoms with Gasteiger partial charge in [-0.15, -0.1) is 0 Å². The number of rotatable bonds is 5. The van der Waals surface area contributed by atoms with Crippen LogP contribution in [0.15, 0.2) is 42.5 Å². The van der Waals surface area contributed by atoms with Gasteiger partial charge in [-0.2, -0.15) is 0 Å². The molecular formula is C19H15Cl2NO5. The van der Waals surface area contributed by atoms with Crippen molar-refractivity contribution < 1.29 is 23.9 Å². The number of benzene rings is 2. The predicted octanol–water partition coefficient (Wildman–Crippen LogP) is 4.22. The third-order valence-electron chi connectivity index (χ3n) is 3.44. The number of halogens is 2. The highest BCUT2D eigenvalue weighted by Crippen LogP contribution is 2.25. The first-order valence-corrected chi connectivity index (χ1v) is 8.36. The van der Waals surface area contributed by atoms with Crippen molar-refractivity contribution >= 4 is 52.8 Å². The molecule has 0 atom stereocenters. The van der Waals surface area contributed by atoms with Crippen LogP contribution in [0.1, 0.15) is 26.3 Å². The Morgan fingerprint density at radius 2 is 1.44 bits per heavy atom. The Morgan fingerprint density at radius 3 is 1.93 bits per heavy atom. The Hall–Kier alpha value is -2.83. The second-order valence-corrected chi connectivity index (χ2v) is 6.05. The number of carbonyl (C=O) groups excluding carboxylic acids is 3. The topological polar surface area (TPSA) is 81.7 Å². The lowest BCUT2D eigenvalue weighted by molar-refractivity contribution is -0.111. The average molecular weight is 408 g/mol. The molecule has 0 spiro atoms. The van der Waals surface area contributed by atoms with Crippen LogP contribution in [-0.4, -0.2) is 32.1 Å². The highest BCUT2D eigenvalue weighted by Gasteiger charge is 2.14. The molecule has 0 aliphatic heterocycles. The minimum absolute atomic E-state index is 0.0915. The van der Waals surface area contributed by atoms with Gasteiger partial charge in [-0.25, -0.2) is 9.59 Å². The lowest BCUT2D eigenvalue weighted by atomic mass is 10.1. The Balaban J connectivity index is 2.27. The average Bonchev–Trinajstić information content (AvgIpc) is 2.65. The summed E-state index contributed by atoms with van der Waals surface area (Å²) in [5.74, 6) is -1.83. The van der Waals surface area contributed by atoms with E-state index in [4.69, 9.17) is 23.2 Å². The Labute approximate surface area is 165 Å². The monoisotopic (exact) mass is 407 g/mol. The summed E-state index contributed by atoms with van der Waals surface area (Å²) < 4.78 is 9.30. The third-order valence-corrected chi connectivity index (χ3v) is 4.10. The molecule has 0 saturated carbocycles. The first kappa shape index (κ1) is 20.5. The van der Waals surface area contributed by atoms with Gasteiger partial charge in [0, 0.05) is 27.4 Å². The molecular weight excluding hydrogens is 393 g/mol. The van der Waals surface area contributed by atoms with E-state index in [1.54, 1.807) is 18.2 Å². The fraction of sp³-hybridized carbons (Fsp3) is 0.105. The molecule has 8 heteroatoms. The predicted molar refractivity (Wildman–Crippen MR) is 103 cm³/mol. The van der Waals surface area contributed by atoms with Crippen molar-refractivity contribution in [3.8, 4) is 0 Å². The molecule has 2 aromatic rings. The van der Waals surface area contributed by atoms with Crippen LogP contribution in [0.2, 0.25) is 10.0 Å². The van der Waals surface area contributed by atoms with Crippen LogP contribution in [0.4, 0.5) is 5.69 Å². The second-order valence-electron chi connectivity index (χ2n) is 5.24. The van der Waals surface area contributed by atoms with Crippen LogP contribution < -0.4 is 5.32 Å². The molecule has 0 fully saturated rings. The molecule has 1 N–H and O–H groups in total. The molecule has 0 unspecified atom stereocenters. The van der Waals surface area contributed by atoms with E-state index in [2.05, 4.69) is 14.8 Å². The van der Waals surface area contributed by atoms with E-state index in [0.29, 0.717) is 15.6 Å². The molecule has 27 heavy (non-hydrogen) atoms. The van der Waals surface area contributed by atoms with Crippen molar-refractivity contribution in [1.29, 1.82) is 0 Å². The number of anilines is 1. The van der Waals surface area contributed by atoms with Crippen LogP contribution >= 0.6 is 23.2 Å². The van der Waals surface area contributed by atoms with Gasteiger partial charge in [0.05, 0.1) is 25.3 Å². The van der Waals surface area contributed by atoms with Crippen molar-refractivity contribution in [3.05, 3.63) is 69.2 Å². The Bertz CT molecular complexity index is 870. The summed E-state index contributed by atoms with van der Waals surface area (Å²) in [4.78, 5) is 35.7. The van der Waals surface area contributed by atoms with E-state index in [1.807, 2.05) is 0 Å². The normalized spacial score (nSPS) is 10.5. The minimum atomic E-state index is -0.658. The van der Waals surface area contributed by atoms with Crippen LogP contribution in [0, 0.1) is 0 Å². The molecule has 2 aromatic carbocycles. The van der Waals surface area contributed by atoms with E-state index in [9.17, 15) is 14.4 Å². The number of nitrogens with one attached hydrogen (secondary N) is 1. The number of methoxy groups -OCH3 is 2. The molecule has 140 valence electrons. The Kier molecular flexibility index (Phi) is 6.98. The first-order valence-electron chi connectivity index (χ1n) is 7.60. The molecule has 1 amide bonds. The number of esters is 2. The number of hydrogen-bond donors (Lipinski definition) is 1. The fourth-order valence-electron chi connectivity index (χ4n) is 2.18. The SMILES string of the molecule is COC(=O)c1cc(NC(=O)/C=C\c2c(Cl)cccc2Cl)cc(C(=O)OC)c1. The van der Waals surface area contributed by atoms with Crippen molar-refractivity contribution in [2.24, 2.45) is 0 Å². The second kappa shape index (κ2) is 9.21. The lowest BCUT2D eigenvalue weighted by Crippen LogP contribution is -2.12.